The molecule has 18 heteroatoms. The Bertz CT molecular complexity index is 7190. The van der Waals surface area contributed by atoms with E-state index in [1.165, 1.54) is 60.4 Å². The smallest absolute Gasteiger partial charge is 0.649 e. The second kappa shape index (κ2) is 36.2. The van der Waals surface area contributed by atoms with Gasteiger partial charge in [0.05, 0.1) is 40.4 Å². The topological polar surface area (TPSA) is 165 Å². The first kappa shape index (κ1) is 79.6. The molecule has 16 aromatic carbocycles. The predicted octanol–water partition coefficient (Wildman–Crippen LogP) is 25.4. The molecular formula is C107H72Al2CuN12O3. The number of hydrogen-bond donors (Lipinski definition) is 0. The van der Waals surface area contributed by atoms with E-state index in [2.05, 4.69) is 244 Å². The first-order valence-corrected chi connectivity index (χ1v) is 42.2. The molecule has 3 radical (unpaired) electrons. The van der Waals surface area contributed by atoms with Crippen molar-refractivity contribution in [1.82, 2.24) is 49.8 Å². The standard InChI is InChI=1S/C44H32N2.C32H16N8.C12H10O.C10H9NO.C9H7NO.2Al.Cu.H/c1-3-17-37(18-4-1)45(43-23-11-15-35-13-7-9-21-41(35)43)39-29-25-33(26-30-39)34-27-31-40(32-28-34)46(38-19-5-2-6-20-38)44-24-12-16-36-14-8-10-22-42(36)44;1-2-10-18-17(9-1)25-33-26(18)38-28-21-13-5-6-14-22(21)30(35-28)40-32-24-16-8-7-15-23(24)31(36-32)39-29-20-12-4-3-11-19(20)27(34-29)37-25;13-12-8-6-11(7-9-12)10-4-2-1-3-5-10;1-7-5-6-8-3-2-4-9(12)10(8)11-7;11-8-5-1-3-7-4-2-6-10-9(7)8;;;;/h1-32H;1-16H;1-9,13H;2-6,12H,1H3;1-6,11H;;;;/q;-2;;;;+1;2*+2;/p-3. The van der Waals surface area contributed by atoms with Crippen LogP contribution in [0.3, 0.4) is 0 Å². The van der Waals surface area contributed by atoms with Crippen LogP contribution in [0.15, 0.2) is 413 Å². The van der Waals surface area contributed by atoms with Crippen LogP contribution in [0.5, 0.6) is 17.2 Å². The molecule has 21 aromatic rings. The zero-order valence-corrected chi connectivity index (χ0v) is 70.9. The number of nitrogens with zero attached hydrogens (tertiary/aromatic N) is 12. The molecule has 0 atom stereocenters. The van der Waals surface area contributed by atoms with Gasteiger partial charge < -0.3 is 51.1 Å². The third-order valence-corrected chi connectivity index (χ3v) is 22.9. The Hall–Kier alpha value is -15.2. The molecule has 15 nitrogen and oxygen atoms in total. The van der Waals surface area contributed by atoms with Gasteiger partial charge in [0.15, 0.2) is 0 Å². The fourth-order valence-electron chi connectivity index (χ4n) is 15.9. The second-order valence-corrected chi connectivity index (χ2v) is 30.5. The van der Waals surface area contributed by atoms with E-state index in [4.69, 9.17) is 51.2 Å². The Morgan fingerprint density at radius 2 is 0.616 bits per heavy atom. The van der Waals surface area contributed by atoms with Gasteiger partial charge in [-0.25, -0.2) is 15.0 Å². The number of aryl methyl sites for hydroxylation is 1. The van der Waals surface area contributed by atoms with Crippen molar-refractivity contribution in [3.8, 4) is 85.1 Å². The molecule has 595 valence electrons. The van der Waals surface area contributed by atoms with E-state index in [1.807, 2.05) is 189 Å². The molecule has 8 bridgehead atoms. The summed E-state index contributed by atoms with van der Waals surface area (Å²) in [5.74, 6) is 4.62. The van der Waals surface area contributed by atoms with Gasteiger partial charge in [0.2, 0.25) is 0 Å². The summed E-state index contributed by atoms with van der Waals surface area (Å²) in [5.41, 5.74) is 20.1. The van der Waals surface area contributed by atoms with E-state index in [-0.39, 0.29) is 17.1 Å². The van der Waals surface area contributed by atoms with E-state index < -0.39 is 15.9 Å². The summed E-state index contributed by atoms with van der Waals surface area (Å²) in [7, 11) is 0. The molecule has 0 unspecified atom stereocenters. The van der Waals surface area contributed by atoms with Crippen LogP contribution in [-0.4, -0.2) is 72.4 Å². The van der Waals surface area contributed by atoms with E-state index in [0.717, 1.165) is 123 Å². The molecule has 0 amide bonds. The fraction of sp³-hybridized carbons (Fsp3) is 0.00935. The second-order valence-electron chi connectivity index (χ2n) is 29.6. The summed E-state index contributed by atoms with van der Waals surface area (Å²) < 4.78 is 16.9. The maximum Gasteiger partial charge on any atom is 2.00 e. The van der Waals surface area contributed by atoms with Crippen molar-refractivity contribution in [2.75, 3.05) is 9.80 Å². The van der Waals surface area contributed by atoms with Crippen molar-refractivity contribution in [1.29, 1.82) is 0 Å². The SMILES string of the molecule is Cc1ccc2cccc([O][Al][O]c3ccc(-c4ccccc4)cc3)c2n1.[AlH][O]c1cccc2cccnc12.[Cu+2].c1ccc(N(c2ccc(-c3ccc(N(c4ccccc4)c4cccc5ccccc45)cc3)cc2)c2cccc3ccccc23)cc1.c1ccc2c(c1)-c1nc-2nc2[n-]c(nc3nc(nc4[n-]c(n1)c1ccccc41)-c1ccccc1-3)c1ccccc21. The maximum absolute atomic E-state index is 5.89. The quantitative estimate of drug-likeness (QED) is 0.100. The third kappa shape index (κ3) is 16.7. The number of rotatable bonds is 13. The molecule has 5 aromatic heterocycles. The van der Waals surface area contributed by atoms with Crippen LogP contribution < -0.4 is 31.1 Å². The van der Waals surface area contributed by atoms with Gasteiger partial charge in [0.25, 0.3) is 0 Å². The van der Waals surface area contributed by atoms with Gasteiger partial charge in [-0.05, 0) is 159 Å². The van der Waals surface area contributed by atoms with Crippen molar-refractivity contribution in [2.24, 2.45) is 0 Å². The fourth-order valence-corrected chi connectivity index (χ4v) is 16.7. The van der Waals surface area contributed by atoms with Crippen LogP contribution in [0.1, 0.15) is 5.69 Å². The first-order valence-electron chi connectivity index (χ1n) is 40.7. The largest absolute Gasteiger partial charge is 2.00 e. The molecule has 2 aliphatic heterocycles. The Labute approximate surface area is 746 Å². The molecule has 0 fully saturated rings. The van der Waals surface area contributed by atoms with Crippen LogP contribution in [0.4, 0.5) is 34.1 Å². The van der Waals surface area contributed by atoms with Crippen molar-refractivity contribution in [3.05, 3.63) is 418 Å². The van der Waals surface area contributed by atoms with E-state index in [1.54, 1.807) is 6.20 Å². The van der Waals surface area contributed by atoms with Crippen molar-refractivity contribution < 1.29 is 28.4 Å². The van der Waals surface area contributed by atoms with Crippen molar-refractivity contribution in [2.45, 2.75) is 6.92 Å². The minimum atomic E-state index is -0.665. The summed E-state index contributed by atoms with van der Waals surface area (Å²) in [6, 6.07) is 139. The molecule has 0 aliphatic carbocycles. The Kier molecular flexibility index (Phi) is 23.1. The number of para-hydroxylation sites is 4. The average molecular weight is 1690 g/mol. The number of anilines is 6. The first-order chi connectivity index (χ1) is 61.3. The molecule has 125 heavy (non-hydrogen) atoms. The Morgan fingerprint density at radius 3 is 1.06 bits per heavy atom. The zero-order valence-electron chi connectivity index (χ0n) is 67.4. The van der Waals surface area contributed by atoms with Gasteiger partial charge >= 0.3 is 49.6 Å². The van der Waals surface area contributed by atoms with Crippen LogP contribution in [-0.2, 0) is 17.1 Å². The summed E-state index contributed by atoms with van der Waals surface area (Å²) in [4.78, 5) is 52.8. The molecule has 0 N–H and O–H groups in total. The van der Waals surface area contributed by atoms with Crippen LogP contribution >= 0.6 is 0 Å². The van der Waals surface area contributed by atoms with Gasteiger partial charge in [-0.2, -0.15) is 0 Å². The normalized spacial score (nSPS) is 11.0. The molecule has 23 rings (SSSR count). The summed E-state index contributed by atoms with van der Waals surface area (Å²) in [5, 5.41) is 10.7. The summed E-state index contributed by atoms with van der Waals surface area (Å²) in [6.45, 7) is 1.98. The number of benzene rings is 16. The average Bonchev–Trinajstić information content (AvgIpc) is 1.48. The number of fused-ring (bicyclic) bond motifs is 24. The van der Waals surface area contributed by atoms with Gasteiger partial charge in [0.1, 0.15) is 22.5 Å². The predicted molar refractivity (Wildman–Crippen MR) is 505 cm³/mol. The molecule has 0 saturated heterocycles. The van der Waals surface area contributed by atoms with Crippen molar-refractivity contribution >= 4 is 154 Å². The van der Waals surface area contributed by atoms with Gasteiger partial charge in [0, 0.05) is 101 Å². The van der Waals surface area contributed by atoms with E-state index in [9.17, 15) is 0 Å². The van der Waals surface area contributed by atoms with E-state index >= 15 is 0 Å². The Balaban J connectivity index is 0.000000118. The van der Waals surface area contributed by atoms with E-state index in [0.29, 0.717) is 45.9 Å². The molecule has 7 heterocycles. The van der Waals surface area contributed by atoms with Gasteiger partial charge in [-0.3, -0.25) is 4.98 Å². The minimum absolute atomic E-state index is 0. The molecule has 0 saturated carbocycles. The molecular weight excluding hydrogens is 1620 g/mol. The third-order valence-electron chi connectivity index (χ3n) is 21.9. The van der Waals surface area contributed by atoms with Crippen LogP contribution in [0.2, 0.25) is 0 Å². The number of pyridine rings is 2. The maximum atomic E-state index is 5.89. The minimum Gasteiger partial charge on any atom is -0.649 e. The summed E-state index contributed by atoms with van der Waals surface area (Å²) >= 11 is 0.801. The van der Waals surface area contributed by atoms with Crippen LogP contribution in [0, 0.1) is 6.92 Å². The van der Waals surface area contributed by atoms with Gasteiger partial charge in [-0.1, -0.05) is 309 Å². The van der Waals surface area contributed by atoms with Gasteiger partial charge in [-0.15, -0.1) is 0 Å². The van der Waals surface area contributed by atoms with Crippen molar-refractivity contribution in [3.63, 3.8) is 0 Å². The summed E-state index contributed by atoms with van der Waals surface area (Å²) in [6.07, 6.45) is 1.77. The Morgan fingerprint density at radius 1 is 0.272 bits per heavy atom. The van der Waals surface area contributed by atoms with Crippen LogP contribution in [0.25, 0.3) is 155 Å². The number of hydrogen-bond acceptors (Lipinski definition) is 13. The molecule has 0 spiro atoms. The number of aromatic nitrogens is 10. The zero-order chi connectivity index (χ0) is 83.1. The molecule has 2 aliphatic rings. The monoisotopic (exact) mass is 1690 g/mol.